The van der Waals surface area contributed by atoms with Crippen molar-refractivity contribution in [2.75, 3.05) is 5.32 Å². The number of carbonyl (C=O) groups excluding carboxylic acids is 1. The summed E-state index contributed by atoms with van der Waals surface area (Å²) >= 11 is 3.20. The Morgan fingerprint density at radius 1 is 1.59 bits per heavy atom. The van der Waals surface area contributed by atoms with Gasteiger partial charge in [0.2, 0.25) is 5.91 Å². The zero-order valence-electron chi connectivity index (χ0n) is 9.53. The second kappa shape index (κ2) is 4.31. The van der Waals surface area contributed by atoms with E-state index in [-0.39, 0.29) is 17.6 Å². The molecule has 0 aliphatic heterocycles. The van der Waals surface area contributed by atoms with Crippen molar-refractivity contribution in [2.24, 2.45) is 11.7 Å². The quantitative estimate of drug-likeness (QED) is 0.749. The van der Waals surface area contributed by atoms with Crippen LogP contribution < -0.4 is 11.1 Å². The van der Waals surface area contributed by atoms with Gasteiger partial charge in [-0.25, -0.2) is 0 Å². The summed E-state index contributed by atoms with van der Waals surface area (Å²) in [6.07, 6.45) is 1.98. The highest BCUT2D eigenvalue weighted by Crippen LogP contribution is 2.39. The van der Waals surface area contributed by atoms with Crippen LogP contribution in [0.25, 0.3) is 0 Å². The summed E-state index contributed by atoms with van der Waals surface area (Å²) in [6, 6.07) is 5.08. The summed E-state index contributed by atoms with van der Waals surface area (Å²) in [5.41, 5.74) is 5.51. The third-order valence-electron chi connectivity index (χ3n) is 3.15. The van der Waals surface area contributed by atoms with Crippen molar-refractivity contribution in [3.63, 3.8) is 0 Å². The smallest absolute Gasteiger partial charge is 0.244 e. The monoisotopic (exact) mass is 298 g/mol. The van der Waals surface area contributed by atoms with Gasteiger partial charge < -0.3 is 16.2 Å². The maximum absolute atomic E-state index is 12.0. The van der Waals surface area contributed by atoms with Crippen LogP contribution in [0.4, 0.5) is 5.69 Å². The fourth-order valence-electron chi connectivity index (χ4n) is 1.74. The van der Waals surface area contributed by atoms with Crippen LogP contribution in [0.5, 0.6) is 5.75 Å². The zero-order valence-corrected chi connectivity index (χ0v) is 11.1. The van der Waals surface area contributed by atoms with E-state index in [0.29, 0.717) is 10.2 Å². The Hall–Kier alpha value is -1.07. The van der Waals surface area contributed by atoms with Gasteiger partial charge in [-0.1, -0.05) is 6.07 Å². The Kier molecular flexibility index (Phi) is 3.14. The molecule has 17 heavy (non-hydrogen) atoms. The molecular formula is C12H15BrN2O2. The van der Waals surface area contributed by atoms with Gasteiger partial charge in [-0.15, -0.1) is 0 Å². The molecule has 1 unspecified atom stereocenters. The molecule has 1 atom stereocenters. The van der Waals surface area contributed by atoms with Gasteiger partial charge >= 0.3 is 0 Å². The van der Waals surface area contributed by atoms with Crippen molar-refractivity contribution in [1.29, 1.82) is 0 Å². The topological polar surface area (TPSA) is 75.4 Å². The zero-order chi connectivity index (χ0) is 12.6. The predicted molar refractivity (Wildman–Crippen MR) is 69.8 cm³/mol. The number of amides is 1. The molecule has 0 heterocycles. The number of anilines is 1. The molecule has 0 spiro atoms. The van der Waals surface area contributed by atoms with Crippen LogP contribution in [0.3, 0.4) is 0 Å². The number of carbonyl (C=O) groups is 1. The van der Waals surface area contributed by atoms with Gasteiger partial charge in [-0.05, 0) is 53.7 Å². The highest BCUT2D eigenvalue weighted by molar-refractivity contribution is 9.10. The molecule has 1 fully saturated rings. The molecule has 2 rings (SSSR count). The van der Waals surface area contributed by atoms with Crippen LogP contribution in [-0.2, 0) is 4.79 Å². The fraction of sp³-hybridized carbons (Fsp3) is 0.417. The summed E-state index contributed by atoms with van der Waals surface area (Å²) in [5, 5.41) is 12.4. The van der Waals surface area contributed by atoms with Crippen LogP contribution in [0.15, 0.2) is 22.7 Å². The molecule has 5 heteroatoms. The number of para-hydroxylation sites is 1. The molecule has 4 N–H and O–H groups in total. The molecule has 1 amide bonds. The number of hydrogen-bond acceptors (Lipinski definition) is 3. The van der Waals surface area contributed by atoms with E-state index in [1.54, 1.807) is 25.1 Å². The Bertz CT molecular complexity index is 456. The van der Waals surface area contributed by atoms with Crippen molar-refractivity contribution in [3.05, 3.63) is 22.7 Å². The predicted octanol–water partition coefficient (Wildman–Crippen LogP) is 2.22. The summed E-state index contributed by atoms with van der Waals surface area (Å²) in [4.78, 5) is 12.0. The molecule has 1 aliphatic rings. The van der Waals surface area contributed by atoms with Crippen molar-refractivity contribution < 1.29 is 9.90 Å². The average Bonchev–Trinajstić information content (AvgIpc) is 3.08. The van der Waals surface area contributed by atoms with E-state index < -0.39 is 5.54 Å². The summed E-state index contributed by atoms with van der Waals surface area (Å²) in [6.45, 7) is 1.73. The van der Waals surface area contributed by atoms with Crippen LogP contribution in [0.1, 0.15) is 19.8 Å². The minimum absolute atomic E-state index is 0.0208. The molecule has 0 saturated heterocycles. The summed E-state index contributed by atoms with van der Waals surface area (Å²) in [5.74, 6) is 0.0117. The van der Waals surface area contributed by atoms with Gasteiger partial charge in [0.25, 0.3) is 0 Å². The van der Waals surface area contributed by atoms with Crippen LogP contribution in [-0.4, -0.2) is 16.6 Å². The SMILES string of the molecule is CC(N)(C(=O)Nc1cccc(Br)c1O)C1CC1. The lowest BCUT2D eigenvalue weighted by Gasteiger charge is -2.23. The van der Waals surface area contributed by atoms with Gasteiger partial charge in [-0.2, -0.15) is 0 Å². The van der Waals surface area contributed by atoms with E-state index >= 15 is 0 Å². The third-order valence-corrected chi connectivity index (χ3v) is 3.79. The Balaban J connectivity index is 2.15. The lowest BCUT2D eigenvalue weighted by atomic mass is 9.96. The van der Waals surface area contributed by atoms with E-state index in [4.69, 9.17) is 5.73 Å². The Morgan fingerprint density at radius 3 is 2.82 bits per heavy atom. The molecule has 1 aromatic rings. The van der Waals surface area contributed by atoms with Gasteiger partial charge in [0.05, 0.1) is 15.7 Å². The number of hydrogen-bond donors (Lipinski definition) is 3. The number of nitrogens with one attached hydrogen (secondary N) is 1. The van der Waals surface area contributed by atoms with Crippen LogP contribution >= 0.6 is 15.9 Å². The molecule has 0 aromatic heterocycles. The first kappa shape index (κ1) is 12.4. The first-order valence-corrected chi connectivity index (χ1v) is 6.30. The summed E-state index contributed by atoms with van der Waals surface area (Å²) < 4.78 is 0.542. The molecule has 0 bridgehead atoms. The van der Waals surface area contributed by atoms with Gasteiger partial charge in [0, 0.05) is 0 Å². The molecule has 1 aromatic carbocycles. The normalized spacial score (nSPS) is 18.5. The van der Waals surface area contributed by atoms with Gasteiger partial charge in [0.1, 0.15) is 0 Å². The Labute approximate surface area is 108 Å². The first-order valence-electron chi connectivity index (χ1n) is 5.50. The molecule has 4 nitrogen and oxygen atoms in total. The number of rotatable bonds is 3. The highest BCUT2D eigenvalue weighted by atomic mass is 79.9. The van der Waals surface area contributed by atoms with Crippen molar-refractivity contribution in [2.45, 2.75) is 25.3 Å². The lowest BCUT2D eigenvalue weighted by Crippen LogP contribution is -2.50. The molecule has 0 radical (unpaired) electrons. The molecule has 92 valence electrons. The minimum Gasteiger partial charge on any atom is -0.505 e. The summed E-state index contributed by atoms with van der Waals surface area (Å²) in [7, 11) is 0. The minimum atomic E-state index is -0.866. The molecule has 1 aliphatic carbocycles. The number of halogens is 1. The molecular weight excluding hydrogens is 284 g/mol. The number of nitrogens with two attached hydrogens (primary N) is 1. The van der Waals surface area contributed by atoms with Crippen LogP contribution in [0.2, 0.25) is 0 Å². The second-order valence-corrected chi connectivity index (χ2v) is 5.50. The lowest BCUT2D eigenvalue weighted by molar-refractivity contribution is -0.121. The number of aromatic hydroxyl groups is 1. The Morgan fingerprint density at radius 2 is 2.24 bits per heavy atom. The number of benzene rings is 1. The number of phenolic OH excluding ortho intramolecular Hbond substituents is 1. The standard InChI is InChI=1S/C12H15BrN2O2/c1-12(14,7-5-6-7)11(17)15-9-4-2-3-8(13)10(9)16/h2-4,7,16H,5-6,14H2,1H3,(H,15,17). The van der Waals surface area contributed by atoms with E-state index in [0.717, 1.165) is 12.8 Å². The largest absolute Gasteiger partial charge is 0.505 e. The second-order valence-electron chi connectivity index (χ2n) is 4.65. The van der Waals surface area contributed by atoms with Gasteiger partial charge in [-0.3, -0.25) is 4.79 Å². The van der Waals surface area contributed by atoms with E-state index in [2.05, 4.69) is 21.2 Å². The van der Waals surface area contributed by atoms with Crippen molar-refractivity contribution in [3.8, 4) is 5.75 Å². The maximum atomic E-state index is 12.0. The average molecular weight is 299 g/mol. The van der Waals surface area contributed by atoms with E-state index in [1.807, 2.05) is 0 Å². The van der Waals surface area contributed by atoms with Gasteiger partial charge in [0.15, 0.2) is 5.75 Å². The van der Waals surface area contributed by atoms with Crippen LogP contribution in [0, 0.1) is 5.92 Å². The highest BCUT2D eigenvalue weighted by Gasteiger charge is 2.44. The third kappa shape index (κ3) is 2.45. The fourth-order valence-corrected chi connectivity index (χ4v) is 2.11. The van der Waals surface area contributed by atoms with E-state index in [1.165, 1.54) is 0 Å². The first-order chi connectivity index (χ1) is 7.93. The molecule has 1 saturated carbocycles. The van der Waals surface area contributed by atoms with E-state index in [9.17, 15) is 9.90 Å². The maximum Gasteiger partial charge on any atom is 0.244 e. The number of phenols is 1. The van der Waals surface area contributed by atoms with Crippen molar-refractivity contribution >= 4 is 27.5 Å². The van der Waals surface area contributed by atoms with Crippen molar-refractivity contribution in [1.82, 2.24) is 0 Å².